The number of hydrogen-bond acceptors (Lipinski definition) is 3. The molecule has 0 bridgehead atoms. The Balaban J connectivity index is 2.71. The summed E-state index contributed by atoms with van der Waals surface area (Å²) >= 11 is 9.25. The second kappa shape index (κ2) is 6.75. The summed E-state index contributed by atoms with van der Waals surface area (Å²) < 4.78 is 5.18. The third-order valence-electron chi connectivity index (χ3n) is 2.27. The smallest absolute Gasteiger partial charge is 0.307 e. The molecule has 0 spiro atoms. The minimum Gasteiger partial charge on any atom is -0.469 e. The highest BCUT2D eigenvalue weighted by molar-refractivity contribution is 9.10. The van der Waals surface area contributed by atoms with E-state index in [2.05, 4.69) is 26.0 Å². The van der Waals surface area contributed by atoms with Gasteiger partial charge in [-0.05, 0) is 35.0 Å². The predicted molar refractivity (Wildman–Crippen MR) is 72.7 cm³/mol. The number of esters is 1. The standard InChI is InChI=1S/C12H13BrClNO3/c1-7(6-10(16)18-2)15-12(17)8-4-3-5-9(13)11(8)14/h3-5,7H,6H2,1-2H3,(H,15,17). The van der Waals surface area contributed by atoms with E-state index in [0.29, 0.717) is 15.1 Å². The number of rotatable bonds is 4. The fourth-order valence-electron chi connectivity index (χ4n) is 1.37. The van der Waals surface area contributed by atoms with Crippen LogP contribution in [0.25, 0.3) is 0 Å². The predicted octanol–water partition coefficient (Wildman–Crippen LogP) is 2.78. The van der Waals surface area contributed by atoms with Crippen molar-refractivity contribution in [3.8, 4) is 0 Å². The lowest BCUT2D eigenvalue weighted by Crippen LogP contribution is -2.34. The van der Waals surface area contributed by atoms with Crippen molar-refractivity contribution in [1.82, 2.24) is 5.32 Å². The minimum absolute atomic E-state index is 0.119. The molecule has 1 rings (SSSR count). The number of hydrogen-bond donors (Lipinski definition) is 1. The summed E-state index contributed by atoms with van der Waals surface area (Å²) in [6.07, 6.45) is 0.119. The molecule has 1 unspecified atom stereocenters. The van der Waals surface area contributed by atoms with Crippen LogP contribution < -0.4 is 5.32 Å². The van der Waals surface area contributed by atoms with Crippen LogP contribution in [0.15, 0.2) is 22.7 Å². The average Bonchev–Trinajstić information content (AvgIpc) is 2.32. The third-order valence-corrected chi connectivity index (χ3v) is 3.57. The number of carbonyl (C=O) groups excluding carboxylic acids is 2. The molecule has 1 N–H and O–H groups in total. The van der Waals surface area contributed by atoms with Crippen LogP contribution in [0.2, 0.25) is 5.02 Å². The zero-order chi connectivity index (χ0) is 13.7. The van der Waals surface area contributed by atoms with E-state index in [0.717, 1.165) is 0 Å². The van der Waals surface area contributed by atoms with Crippen LogP contribution in [0.3, 0.4) is 0 Å². The highest BCUT2D eigenvalue weighted by atomic mass is 79.9. The van der Waals surface area contributed by atoms with Crippen LogP contribution in [0.1, 0.15) is 23.7 Å². The molecule has 1 amide bonds. The molecule has 0 aliphatic heterocycles. The topological polar surface area (TPSA) is 55.4 Å². The molecule has 0 saturated heterocycles. The Morgan fingerprint density at radius 1 is 1.50 bits per heavy atom. The Morgan fingerprint density at radius 2 is 2.17 bits per heavy atom. The molecule has 0 aliphatic rings. The highest BCUT2D eigenvalue weighted by Crippen LogP contribution is 2.25. The van der Waals surface area contributed by atoms with Crippen molar-refractivity contribution < 1.29 is 14.3 Å². The van der Waals surface area contributed by atoms with E-state index in [1.54, 1.807) is 25.1 Å². The summed E-state index contributed by atoms with van der Waals surface area (Å²) in [6, 6.07) is 4.76. The number of methoxy groups -OCH3 is 1. The summed E-state index contributed by atoms with van der Waals surface area (Å²) in [7, 11) is 1.31. The quantitative estimate of drug-likeness (QED) is 0.862. The van der Waals surface area contributed by atoms with Gasteiger partial charge < -0.3 is 10.1 Å². The number of halogens is 2. The molecule has 1 atom stereocenters. The average molecular weight is 335 g/mol. The maximum atomic E-state index is 11.9. The normalized spacial score (nSPS) is 11.8. The van der Waals surface area contributed by atoms with E-state index < -0.39 is 0 Å². The molecule has 0 aromatic heterocycles. The van der Waals surface area contributed by atoms with Crippen molar-refractivity contribution in [2.75, 3.05) is 7.11 Å². The molecule has 4 nitrogen and oxygen atoms in total. The van der Waals surface area contributed by atoms with Gasteiger partial charge >= 0.3 is 5.97 Å². The number of benzene rings is 1. The SMILES string of the molecule is COC(=O)CC(C)NC(=O)c1cccc(Br)c1Cl. The summed E-state index contributed by atoms with van der Waals surface area (Å²) in [5, 5.41) is 3.03. The number of carbonyl (C=O) groups is 2. The van der Waals surface area contributed by atoms with Gasteiger partial charge in [0.25, 0.3) is 5.91 Å². The van der Waals surface area contributed by atoms with Crippen LogP contribution in [-0.4, -0.2) is 25.0 Å². The fourth-order valence-corrected chi connectivity index (χ4v) is 1.94. The van der Waals surface area contributed by atoms with Crippen LogP contribution in [0, 0.1) is 0 Å². The maximum absolute atomic E-state index is 11.9. The molecule has 98 valence electrons. The second-order valence-corrected chi connectivity index (χ2v) is 4.99. The molecule has 0 radical (unpaired) electrons. The first-order valence-electron chi connectivity index (χ1n) is 5.27. The molecule has 0 saturated carbocycles. The first-order chi connectivity index (χ1) is 8.45. The summed E-state index contributed by atoms with van der Waals surface area (Å²) in [5.41, 5.74) is 0.364. The van der Waals surface area contributed by atoms with Crippen LogP contribution in [0.4, 0.5) is 0 Å². The molecular weight excluding hydrogens is 321 g/mol. The van der Waals surface area contributed by atoms with Crippen molar-refractivity contribution in [3.63, 3.8) is 0 Å². The Bertz CT molecular complexity index is 465. The summed E-state index contributed by atoms with van der Waals surface area (Å²) in [4.78, 5) is 23.0. The van der Waals surface area contributed by atoms with E-state index in [4.69, 9.17) is 11.6 Å². The third kappa shape index (κ3) is 3.99. The van der Waals surface area contributed by atoms with Gasteiger partial charge in [-0.2, -0.15) is 0 Å². The van der Waals surface area contributed by atoms with Gasteiger partial charge in [0, 0.05) is 10.5 Å². The molecule has 0 heterocycles. The Kier molecular flexibility index (Phi) is 5.62. The van der Waals surface area contributed by atoms with E-state index in [-0.39, 0.29) is 24.3 Å². The van der Waals surface area contributed by atoms with Crippen molar-refractivity contribution in [1.29, 1.82) is 0 Å². The molecule has 1 aromatic rings. The lowest BCUT2D eigenvalue weighted by atomic mass is 10.2. The van der Waals surface area contributed by atoms with E-state index in [1.165, 1.54) is 7.11 Å². The fraction of sp³-hybridized carbons (Fsp3) is 0.333. The lowest BCUT2D eigenvalue weighted by molar-refractivity contribution is -0.141. The van der Waals surface area contributed by atoms with Crippen LogP contribution >= 0.6 is 27.5 Å². The van der Waals surface area contributed by atoms with Crippen molar-refractivity contribution in [3.05, 3.63) is 33.3 Å². The van der Waals surface area contributed by atoms with Crippen LogP contribution in [0.5, 0.6) is 0 Å². The zero-order valence-electron chi connectivity index (χ0n) is 10.00. The number of nitrogens with one attached hydrogen (secondary N) is 1. The largest absolute Gasteiger partial charge is 0.469 e. The van der Waals surface area contributed by atoms with Gasteiger partial charge in [-0.25, -0.2) is 0 Å². The van der Waals surface area contributed by atoms with Crippen LogP contribution in [-0.2, 0) is 9.53 Å². The Morgan fingerprint density at radius 3 is 2.78 bits per heavy atom. The van der Waals surface area contributed by atoms with E-state index in [9.17, 15) is 9.59 Å². The molecule has 18 heavy (non-hydrogen) atoms. The van der Waals surface area contributed by atoms with E-state index >= 15 is 0 Å². The van der Waals surface area contributed by atoms with Gasteiger partial charge in [-0.15, -0.1) is 0 Å². The maximum Gasteiger partial charge on any atom is 0.307 e. The molecule has 0 fully saturated rings. The van der Waals surface area contributed by atoms with Gasteiger partial charge in [0.15, 0.2) is 0 Å². The Hall–Kier alpha value is -1.07. The number of ether oxygens (including phenoxy) is 1. The van der Waals surface area contributed by atoms with Crippen molar-refractivity contribution in [2.45, 2.75) is 19.4 Å². The molecule has 6 heteroatoms. The summed E-state index contributed by atoms with van der Waals surface area (Å²) in [5.74, 6) is -0.694. The van der Waals surface area contributed by atoms with Crippen molar-refractivity contribution in [2.24, 2.45) is 0 Å². The van der Waals surface area contributed by atoms with Gasteiger partial charge in [-0.1, -0.05) is 17.7 Å². The minimum atomic E-state index is -0.372. The highest BCUT2D eigenvalue weighted by Gasteiger charge is 2.16. The van der Waals surface area contributed by atoms with E-state index in [1.807, 2.05) is 0 Å². The Labute approximate surface area is 119 Å². The van der Waals surface area contributed by atoms with Gasteiger partial charge in [0.1, 0.15) is 0 Å². The monoisotopic (exact) mass is 333 g/mol. The first kappa shape index (κ1) is 15.0. The van der Waals surface area contributed by atoms with Gasteiger partial charge in [0.2, 0.25) is 0 Å². The molecular formula is C12H13BrClNO3. The van der Waals surface area contributed by atoms with Crippen molar-refractivity contribution >= 4 is 39.4 Å². The molecule has 1 aromatic carbocycles. The second-order valence-electron chi connectivity index (χ2n) is 3.76. The lowest BCUT2D eigenvalue weighted by Gasteiger charge is -2.13. The van der Waals surface area contributed by atoms with Gasteiger partial charge in [0.05, 0.1) is 24.1 Å². The van der Waals surface area contributed by atoms with Gasteiger partial charge in [-0.3, -0.25) is 9.59 Å². The summed E-state index contributed by atoms with van der Waals surface area (Å²) in [6.45, 7) is 1.72. The molecule has 0 aliphatic carbocycles. The number of amides is 1. The zero-order valence-corrected chi connectivity index (χ0v) is 12.3. The first-order valence-corrected chi connectivity index (χ1v) is 6.44.